The lowest BCUT2D eigenvalue weighted by Crippen LogP contribution is -2.47. The number of aromatic nitrogens is 2. The Balaban J connectivity index is 1.67. The average molecular weight is 271 g/mol. The van der Waals surface area contributed by atoms with Crippen molar-refractivity contribution in [3.63, 3.8) is 0 Å². The zero-order valence-electron chi connectivity index (χ0n) is 11.7. The van der Waals surface area contributed by atoms with E-state index >= 15 is 0 Å². The fourth-order valence-electron chi connectivity index (χ4n) is 2.62. The maximum absolute atomic E-state index is 5.56. The molecule has 1 aromatic heterocycles. The van der Waals surface area contributed by atoms with E-state index in [1.165, 1.54) is 0 Å². The zero-order chi connectivity index (χ0) is 13.8. The second-order valence-electron chi connectivity index (χ2n) is 5.19. The first-order valence-electron chi connectivity index (χ1n) is 7.26. The highest BCUT2D eigenvalue weighted by molar-refractivity contribution is 5.75. The third kappa shape index (κ3) is 2.89. The maximum Gasteiger partial charge on any atom is 0.147 e. The molecule has 1 aliphatic heterocycles. The standard InChI is InChI=1S/C15H21N5/c16-6-3-7-19-8-10-20(11-9-19)15-12-17-13-4-1-2-5-14(13)18-15/h1-2,4-5,12H,3,6-11,16H2. The summed E-state index contributed by atoms with van der Waals surface area (Å²) in [6, 6.07) is 8.01. The molecule has 2 N–H and O–H groups in total. The third-order valence-corrected chi connectivity index (χ3v) is 3.81. The predicted molar refractivity (Wildman–Crippen MR) is 81.9 cm³/mol. The number of hydrogen-bond donors (Lipinski definition) is 1. The molecule has 2 heterocycles. The van der Waals surface area contributed by atoms with Crippen molar-refractivity contribution >= 4 is 16.9 Å². The third-order valence-electron chi connectivity index (χ3n) is 3.81. The van der Waals surface area contributed by atoms with E-state index in [1.807, 2.05) is 30.5 Å². The van der Waals surface area contributed by atoms with Crippen molar-refractivity contribution in [1.29, 1.82) is 0 Å². The molecular formula is C15H21N5. The Morgan fingerprint density at radius 3 is 2.55 bits per heavy atom. The molecule has 106 valence electrons. The first-order valence-corrected chi connectivity index (χ1v) is 7.26. The highest BCUT2D eigenvalue weighted by atomic mass is 15.3. The lowest BCUT2D eigenvalue weighted by Gasteiger charge is -2.35. The fourth-order valence-corrected chi connectivity index (χ4v) is 2.62. The minimum atomic E-state index is 0.774. The first kappa shape index (κ1) is 13.3. The van der Waals surface area contributed by atoms with Gasteiger partial charge in [0.05, 0.1) is 17.2 Å². The smallest absolute Gasteiger partial charge is 0.147 e. The Morgan fingerprint density at radius 2 is 1.80 bits per heavy atom. The lowest BCUT2D eigenvalue weighted by molar-refractivity contribution is 0.256. The highest BCUT2D eigenvalue weighted by Gasteiger charge is 2.17. The maximum atomic E-state index is 5.56. The van der Waals surface area contributed by atoms with Gasteiger partial charge in [0.2, 0.25) is 0 Å². The number of nitrogens with zero attached hydrogens (tertiary/aromatic N) is 4. The Kier molecular flexibility index (Phi) is 4.08. The summed E-state index contributed by atoms with van der Waals surface area (Å²) in [5.74, 6) is 0.988. The molecule has 0 radical (unpaired) electrons. The Morgan fingerprint density at radius 1 is 1.05 bits per heavy atom. The topological polar surface area (TPSA) is 58.3 Å². The van der Waals surface area contributed by atoms with Crippen molar-refractivity contribution in [3.05, 3.63) is 30.5 Å². The number of nitrogens with two attached hydrogens (primary N) is 1. The van der Waals surface area contributed by atoms with Gasteiger partial charge in [0.25, 0.3) is 0 Å². The Labute approximate surface area is 119 Å². The van der Waals surface area contributed by atoms with E-state index in [1.54, 1.807) is 0 Å². The van der Waals surface area contributed by atoms with Gasteiger partial charge in [-0.2, -0.15) is 0 Å². The quantitative estimate of drug-likeness (QED) is 0.902. The van der Waals surface area contributed by atoms with E-state index in [4.69, 9.17) is 10.7 Å². The van der Waals surface area contributed by atoms with Crippen LogP contribution in [0.5, 0.6) is 0 Å². The number of benzene rings is 1. The van der Waals surface area contributed by atoms with Crippen LogP contribution in [0.3, 0.4) is 0 Å². The van der Waals surface area contributed by atoms with Gasteiger partial charge in [0, 0.05) is 26.2 Å². The van der Waals surface area contributed by atoms with Crippen molar-refractivity contribution in [2.45, 2.75) is 6.42 Å². The van der Waals surface area contributed by atoms with Crippen LogP contribution in [0.4, 0.5) is 5.82 Å². The van der Waals surface area contributed by atoms with E-state index < -0.39 is 0 Å². The predicted octanol–water partition coefficient (Wildman–Crippen LogP) is 1.10. The van der Waals surface area contributed by atoms with E-state index in [2.05, 4.69) is 14.8 Å². The van der Waals surface area contributed by atoms with Crippen LogP contribution < -0.4 is 10.6 Å². The number of piperazine rings is 1. The van der Waals surface area contributed by atoms with Crippen LogP contribution in [0.15, 0.2) is 30.5 Å². The molecule has 20 heavy (non-hydrogen) atoms. The lowest BCUT2D eigenvalue weighted by atomic mass is 10.2. The normalized spacial score (nSPS) is 16.8. The second-order valence-corrected chi connectivity index (χ2v) is 5.19. The summed E-state index contributed by atoms with van der Waals surface area (Å²) in [5.41, 5.74) is 7.49. The summed E-state index contributed by atoms with van der Waals surface area (Å²) in [5, 5.41) is 0. The van der Waals surface area contributed by atoms with Crippen molar-refractivity contribution in [2.75, 3.05) is 44.2 Å². The molecule has 0 saturated carbocycles. The van der Waals surface area contributed by atoms with Gasteiger partial charge < -0.3 is 10.6 Å². The molecule has 1 aliphatic rings. The molecule has 0 bridgehead atoms. The van der Waals surface area contributed by atoms with Crippen LogP contribution >= 0.6 is 0 Å². The van der Waals surface area contributed by atoms with Gasteiger partial charge in [-0.3, -0.25) is 9.88 Å². The summed E-state index contributed by atoms with van der Waals surface area (Å²) in [4.78, 5) is 14.0. The number of hydrogen-bond acceptors (Lipinski definition) is 5. The zero-order valence-corrected chi connectivity index (χ0v) is 11.7. The van der Waals surface area contributed by atoms with Gasteiger partial charge >= 0.3 is 0 Å². The summed E-state index contributed by atoms with van der Waals surface area (Å²) >= 11 is 0. The van der Waals surface area contributed by atoms with E-state index in [0.29, 0.717) is 0 Å². The number of para-hydroxylation sites is 2. The molecule has 1 fully saturated rings. The highest BCUT2D eigenvalue weighted by Crippen LogP contribution is 2.16. The van der Waals surface area contributed by atoms with Gasteiger partial charge in [-0.1, -0.05) is 12.1 Å². The summed E-state index contributed by atoms with van der Waals surface area (Å²) in [7, 11) is 0. The molecule has 0 amide bonds. The van der Waals surface area contributed by atoms with E-state index in [-0.39, 0.29) is 0 Å². The number of rotatable bonds is 4. The SMILES string of the molecule is NCCCN1CCN(c2cnc3ccccc3n2)CC1. The molecule has 1 saturated heterocycles. The first-order chi connectivity index (χ1) is 9.86. The van der Waals surface area contributed by atoms with Crippen molar-refractivity contribution in [1.82, 2.24) is 14.9 Å². The van der Waals surface area contributed by atoms with E-state index in [9.17, 15) is 0 Å². The van der Waals surface area contributed by atoms with Crippen LogP contribution in [0.25, 0.3) is 11.0 Å². The average Bonchev–Trinajstić information content (AvgIpc) is 2.53. The van der Waals surface area contributed by atoms with Gasteiger partial charge in [-0.05, 0) is 31.6 Å². The van der Waals surface area contributed by atoms with Crippen LogP contribution in [0.2, 0.25) is 0 Å². The van der Waals surface area contributed by atoms with E-state index in [0.717, 1.165) is 62.5 Å². The molecular weight excluding hydrogens is 250 g/mol. The Hall–Kier alpha value is -1.72. The summed E-state index contributed by atoms with van der Waals surface area (Å²) in [6.07, 6.45) is 2.97. The molecule has 0 unspecified atom stereocenters. The molecule has 5 nitrogen and oxygen atoms in total. The molecule has 0 aliphatic carbocycles. The monoisotopic (exact) mass is 271 g/mol. The molecule has 3 rings (SSSR count). The molecule has 0 atom stereocenters. The van der Waals surface area contributed by atoms with Crippen LogP contribution in [0.1, 0.15) is 6.42 Å². The van der Waals surface area contributed by atoms with Gasteiger partial charge in [0.1, 0.15) is 5.82 Å². The van der Waals surface area contributed by atoms with Gasteiger partial charge in [-0.15, -0.1) is 0 Å². The molecule has 0 spiro atoms. The van der Waals surface area contributed by atoms with Gasteiger partial charge in [-0.25, -0.2) is 4.98 Å². The summed E-state index contributed by atoms with van der Waals surface area (Å²) < 4.78 is 0. The minimum Gasteiger partial charge on any atom is -0.353 e. The second kappa shape index (κ2) is 6.15. The molecule has 5 heteroatoms. The van der Waals surface area contributed by atoms with Gasteiger partial charge in [0.15, 0.2) is 0 Å². The fraction of sp³-hybridized carbons (Fsp3) is 0.467. The van der Waals surface area contributed by atoms with Crippen LogP contribution in [-0.4, -0.2) is 54.1 Å². The minimum absolute atomic E-state index is 0.774. The Bertz CT molecular complexity index is 563. The largest absolute Gasteiger partial charge is 0.353 e. The number of anilines is 1. The molecule has 2 aromatic rings. The summed E-state index contributed by atoms with van der Waals surface area (Å²) in [6.45, 7) is 6.06. The van der Waals surface area contributed by atoms with Crippen LogP contribution in [0, 0.1) is 0 Å². The van der Waals surface area contributed by atoms with Crippen LogP contribution in [-0.2, 0) is 0 Å². The van der Waals surface area contributed by atoms with Crippen molar-refractivity contribution < 1.29 is 0 Å². The van der Waals surface area contributed by atoms with Crippen molar-refractivity contribution in [2.24, 2.45) is 5.73 Å². The number of fused-ring (bicyclic) bond motifs is 1. The van der Waals surface area contributed by atoms with Crippen molar-refractivity contribution in [3.8, 4) is 0 Å². The molecule has 1 aromatic carbocycles.